The van der Waals surface area contributed by atoms with Crippen molar-refractivity contribution in [2.75, 3.05) is 7.05 Å². The van der Waals surface area contributed by atoms with Crippen LogP contribution in [0.1, 0.15) is 33.3 Å². The van der Waals surface area contributed by atoms with Crippen LogP contribution in [0.4, 0.5) is 0 Å². The van der Waals surface area contributed by atoms with Crippen LogP contribution in [0.5, 0.6) is 5.75 Å². The first-order chi connectivity index (χ1) is 9.12. The molecule has 3 N–H and O–H groups in total. The van der Waals surface area contributed by atoms with Crippen LogP contribution in [0, 0.1) is 5.41 Å². The van der Waals surface area contributed by atoms with Gasteiger partial charge in [-0.25, -0.2) is 0 Å². The molecule has 0 aliphatic carbocycles. The Labute approximate surface area is 121 Å². The maximum absolute atomic E-state index is 12.4. The van der Waals surface area contributed by atoms with Crippen LogP contribution in [0.25, 0.3) is 0 Å². The van der Waals surface area contributed by atoms with E-state index in [0.29, 0.717) is 6.42 Å². The average Bonchev–Trinajstić information content (AvgIpc) is 2.37. The fourth-order valence-corrected chi connectivity index (χ4v) is 2.01. The van der Waals surface area contributed by atoms with Crippen LogP contribution in [0.15, 0.2) is 24.3 Å². The second kappa shape index (κ2) is 6.27. The first kappa shape index (κ1) is 16.5. The molecule has 0 aliphatic heterocycles. The lowest BCUT2D eigenvalue weighted by Gasteiger charge is -2.36. The SMILES string of the molecule is CC(N(C)C(=O)[C@H](N)Cc1ccc(O)cc1)C(C)(C)C. The molecule has 1 rings (SSSR count). The fourth-order valence-electron chi connectivity index (χ4n) is 2.01. The van der Waals surface area contributed by atoms with Crippen molar-refractivity contribution in [3.8, 4) is 5.75 Å². The van der Waals surface area contributed by atoms with Crippen molar-refractivity contribution in [1.82, 2.24) is 4.90 Å². The van der Waals surface area contributed by atoms with E-state index in [1.807, 2.05) is 6.92 Å². The molecule has 0 bridgehead atoms. The number of amides is 1. The standard InChI is InChI=1S/C16H26N2O2/c1-11(16(2,3)4)18(5)15(20)14(17)10-12-6-8-13(19)9-7-12/h6-9,11,14,19H,10,17H2,1-5H3/t11?,14-/m1/s1. The van der Waals surface area contributed by atoms with Crippen LogP contribution in [0.3, 0.4) is 0 Å². The maximum atomic E-state index is 12.4. The molecule has 1 amide bonds. The minimum Gasteiger partial charge on any atom is -0.508 e. The third kappa shape index (κ3) is 4.23. The Morgan fingerprint density at radius 2 is 1.80 bits per heavy atom. The molecule has 0 aliphatic rings. The Bertz CT molecular complexity index is 449. The first-order valence-corrected chi connectivity index (χ1v) is 6.93. The van der Waals surface area contributed by atoms with Gasteiger partial charge in [-0.2, -0.15) is 0 Å². The molecular weight excluding hydrogens is 252 g/mol. The second-order valence-corrected chi connectivity index (χ2v) is 6.47. The minimum absolute atomic E-state index is 0.0165. The molecule has 1 aromatic rings. The van der Waals surface area contributed by atoms with E-state index in [2.05, 4.69) is 20.8 Å². The minimum atomic E-state index is -0.561. The Morgan fingerprint density at radius 3 is 2.25 bits per heavy atom. The van der Waals surface area contributed by atoms with Crippen LogP contribution in [0.2, 0.25) is 0 Å². The van der Waals surface area contributed by atoms with Gasteiger partial charge in [-0.3, -0.25) is 4.79 Å². The van der Waals surface area contributed by atoms with Crippen molar-refractivity contribution in [1.29, 1.82) is 0 Å². The van der Waals surface area contributed by atoms with Gasteiger partial charge in [0, 0.05) is 13.1 Å². The molecule has 0 radical (unpaired) electrons. The largest absolute Gasteiger partial charge is 0.508 e. The molecule has 1 unspecified atom stereocenters. The monoisotopic (exact) mass is 278 g/mol. The van der Waals surface area contributed by atoms with E-state index in [1.165, 1.54) is 0 Å². The molecule has 112 valence electrons. The van der Waals surface area contributed by atoms with Gasteiger partial charge in [0.15, 0.2) is 0 Å². The molecule has 0 fully saturated rings. The molecule has 1 aromatic carbocycles. The Hall–Kier alpha value is -1.55. The lowest BCUT2D eigenvalue weighted by Crippen LogP contribution is -2.50. The molecule has 4 nitrogen and oxygen atoms in total. The van der Waals surface area contributed by atoms with Gasteiger partial charge in [0.1, 0.15) is 5.75 Å². The molecule has 0 heterocycles. The third-order valence-corrected chi connectivity index (χ3v) is 3.89. The Kier molecular flexibility index (Phi) is 5.17. The summed E-state index contributed by atoms with van der Waals surface area (Å²) in [5.74, 6) is 0.160. The lowest BCUT2D eigenvalue weighted by molar-refractivity contribution is -0.135. The van der Waals surface area contributed by atoms with Crippen LogP contribution in [-0.4, -0.2) is 35.0 Å². The van der Waals surface area contributed by atoms with Crippen molar-refractivity contribution in [3.05, 3.63) is 29.8 Å². The normalized spacial score (nSPS) is 14.7. The number of carbonyl (C=O) groups excluding carboxylic acids is 1. The quantitative estimate of drug-likeness (QED) is 0.887. The zero-order valence-corrected chi connectivity index (χ0v) is 13.1. The van der Waals surface area contributed by atoms with Gasteiger partial charge < -0.3 is 15.7 Å². The summed E-state index contributed by atoms with van der Waals surface area (Å²) in [6.07, 6.45) is 0.473. The highest BCUT2D eigenvalue weighted by molar-refractivity contribution is 5.82. The summed E-state index contributed by atoms with van der Waals surface area (Å²) >= 11 is 0. The highest BCUT2D eigenvalue weighted by atomic mass is 16.3. The first-order valence-electron chi connectivity index (χ1n) is 6.93. The molecule has 0 saturated carbocycles. The van der Waals surface area contributed by atoms with E-state index >= 15 is 0 Å². The van der Waals surface area contributed by atoms with E-state index in [0.717, 1.165) is 5.56 Å². The van der Waals surface area contributed by atoms with E-state index in [9.17, 15) is 9.90 Å². The summed E-state index contributed by atoms with van der Waals surface area (Å²) in [6.45, 7) is 8.35. The van der Waals surface area contributed by atoms with Crippen molar-refractivity contribution < 1.29 is 9.90 Å². The molecule has 2 atom stereocenters. The number of nitrogens with zero attached hydrogens (tertiary/aromatic N) is 1. The van der Waals surface area contributed by atoms with Gasteiger partial charge >= 0.3 is 0 Å². The molecule has 4 heteroatoms. The van der Waals surface area contributed by atoms with Gasteiger partial charge in [-0.1, -0.05) is 32.9 Å². The second-order valence-electron chi connectivity index (χ2n) is 6.47. The van der Waals surface area contributed by atoms with Gasteiger partial charge in [-0.15, -0.1) is 0 Å². The Morgan fingerprint density at radius 1 is 1.30 bits per heavy atom. The number of phenolic OH excluding ortho intramolecular Hbond substituents is 1. The van der Waals surface area contributed by atoms with E-state index < -0.39 is 6.04 Å². The fraction of sp³-hybridized carbons (Fsp3) is 0.562. The number of benzene rings is 1. The van der Waals surface area contributed by atoms with E-state index in [4.69, 9.17) is 5.73 Å². The smallest absolute Gasteiger partial charge is 0.239 e. The number of phenols is 1. The summed E-state index contributed by atoms with van der Waals surface area (Å²) in [5.41, 5.74) is 6.98. The average molecular weight is 278 g/mol. The zero-order valence-electron chi connectivity index (χ0n) is 13.1. The lowest BCUT2D eigenvalue weighted by atomic mass is 9.87. The van der Waals surface area contributed by atoms with Crippen molar-refractivity contribution in [3.63, 3.8) is 0 Å². The van der Waals surface area contributed by atoms with Crippen LogP contribution in [-0.2, 0) is 11.2 Å². The number of hydrogen-bond acceptors (Lipinski definition) is 3. The van der Waals surface area contributed by atoms with E-state index in [1.54, 1.807) is 36.2 Å². The summed E-state index contributed by atoms with van der Waals surface area (Å²) in [6, 6.07) is 6.34. The predicted octanol–water partition coefficient (Wildman–Crippen LogP) is 2.15. The van der Waals surface area contributed by atoms with E-state index in [-0.39, 0.29) is 23.1 Å². The highest BCUT2D eigenvalue weighted by Crippen LogP contribution is 2.23. The van der Waals surface area contributed by atoms with Crippen LogP contribution < -0.4 is 5.73 Å². The maximum Gasteiger partial charge on any atom is 0.239 e. The van der Waals surface area contributed by atoms with Crippen molar-refractivity contribution in [2.45, 2.75) is 46.2 Å². The molecule has 20 heavy (non-hydrogen) atoms. The highest BCUT2D eigenvalue weighted by Gasteiger charge is 2.29. The van der Waals surface area contributed by atoms with Gasteiger partial charge in [-0.05, 0) is 36.5 Å². The third-order valence-electron chi connectivity index (χ3n) is 3.89. The summed E-state index contributed by atoms with van der Waals surface area (Å²) in [4.78, 5) is 14.1. The number of nitrogens with two attached hydrogens (primary N) is 1. The molecule has 0 aromatic heterocycles. The van der Waals surface area contributed by atoms with Crippen molar-refractivity contribution in [2.24, 2.45) is 11.1 Å². The molecular formula is C16H26N2O2. The molecule has 0 saturated heterocycles. The number of aromatic hydroxyl groups is 1. The number of carbonyl (C=O) groups is 1. The van der Waals surface area contributed by atoms with Gasteiger partial charge in [0.25, 0.3) is 0 Å². The van der Waals surface area contributed by atoms with Gasteiger partial charge in [0.05, 0.1) is 6.04 Å². The predicted molar refractivity (Wildman–Crippen MR) is 81.5 cm³/mol. The molecule has 0 spiro atoms. The van der Waals surface area contributed by atoms with Gasteiger partial charge in [0.2, 0.25) is 5.91 Å². The number of likely N-dealkylation sites (N-methyl/N-ethyl adjacent to an activating group) is 1. The number of rotatable bonds is 4. The van der Waals surface area contributed by atoms with Crippen LogP contribution >= 0.6 is 0 Å². The summed E-state index contributed by atoms with van der Waals surface area (Å²) in [5, 5.41) is 9.24. The summed E-state index contributed by atoms with van der Waals surface area (Å²) in [7, 11) is 1.80. The van der Waals surface area contributed by atoms with Crippen molar-refractivity contribution >= 4 is 5.91 Å². The Balaban J connectivity index is 2.69. The topological polar surface area (TPSA) is 66.6 Å². The number of hydrogen-bond donors (Lipinski definition) is 2. The summed E-state index contributed by atoms with van der Waals surface area (Å²) < 4.78 is 0. The zero-order chi connectivity index (χ0) is 15.5.